The van der Waals surface area contributed by atoms with E-state index in [9.17, 15) is 4.79 Å². The lowest BCUT2D eigenvalue weighted by Gasteiger charge is -2.32. The second-order valence-corrected chi connectivity index (χ2v) is 7.77. The van der Waals surface area contributed by atoms with Crippen LogP contribution in [0.15, 0.2) is 30.3 Å². The molecule has 2 fully saturated rings. The van der Waals surface area contributed by atoms with Crippen LogP contribution in [0.2, 0.25) is 0 Å². The second-order valence-electron chi connectivity index (χ2n) is 7.77. The minimum atomic E-state index is -0.209. The minimum absolute atomic E-state index is 0.209. The zero-order valence-electron chi connectivity index (χ0n) is 16.0. The summed E-state index contributed by atoms with van der Waals surface area (Å²) < 4.78 is 0. The number of nitrogens with zero attached hydrogens (tertiary/aromatic N) is 3. The number of hydrogen-bond donors (Lipinski definition) is 2. The van der Waals surface area contributed by atoms with E-state index in [1.165, 1.54) is 18.5 Å². The number of aromatic nitrogens is 2. The zero-order chi connectivity index (χ0) is 18.8. The Morgan fingerprint density at radius 3 is 2.44 bits per heavy atom. The molecule has 4 rings (SSSR count). The van der Waals surface area contributed by atoms with E-state index in [0.717, 1.165) is 43.4 Å². The van der Waals surface area contributed by atoms with Crippen LogP contribution in [0.3, 0.4) is 0 Å². The average molecular weight is 365 g/mol. The molecule has 2 N–H and O–H groups in total. The van der Waals surface area contributed by atoms with Crippen molar-refractivity contribution in [1.29, 1.82) is 0 Å². The van der Waals surface area contributed by atoms with Gasteiger partial charge in [0.1, 0.15) is 17.3 Å². The Morgan fingerprint density at radius 2 is 1.78 bits per heavy atom. The van der Waals surface area contributed by atoms with Gasteiger partial charge >= 0.3 is 0 Å². The molecule has 6 heteroatoms. The maximum atomic E-state index is 12.6. The highest BCUT2D eigenvalue weighted by Gasteiger charge is 2.22. The van der Waals surface area contributed by atoms with E-state index in [0.29, 0.717) is 17.6 Å². The Morgan fingerprint density at radius 1 is 1.07 bits per heavy atom. The molecule has 142 valence electrons. The van der Waals surface area contributed by atoms with Crippen LogP contribution in [-0.2, 0) is 0 Å². The van der Waals surface area contributed by atoms with Crippen molar-refractivity contribution in [2.75, 3.05) is 28.6 Å². The Bertz CT molecular complexity index is 808. The molecule has 2 aliphatic rings. The van der Waals surface area contributed by atoms with Crippen LogP contribution in [-0.4, -0.2) is 35.0 Å². The standard InChI is InChI=1S/C21H27N5O/c1-14-9-11-26(12-10-14)18-7-5-17(6-8-18)25-21(27)19-13-20(23-15(2)22-19)24-16-3-4-16/h5-8,13-14,16H,3-4,9-12H2,1-2H3,(H,25,27)(H,22,23,24). The third-order valence-corrected chi connectivity index (χ3v) is 5.27. The lowest BCUT2D eigenvalue weighted by Crippen LogP contribution is -2.32. The van der Waals surface area contributed by atoms with Gasteiger partial charge in [-0.25, -0.2) is 9.97 Å². The van der Waals surface area contributed by atoms with Gasteiger partial charge in [0, 0.05) is 36.6 Å². The number of benzene rings is 1. The fourth-order valence-corrected chi connectivity index (χ4v) is 3.41. The summed E-state index contributed by atoms with van der Waals surface area (Å²) in [4.78, 5) is 23.7. The normalized spacial score (nSPS) is 17.6. The van der Waals surface area contributed by atoms with Gasteiger partial charge in [0.25, 0.3) is 5.91 Å². The predicted molar refractivity (Wildman–Crippen MR) is 108 cm³/mol. The largest absolute Gasteiger partial charge is 0.372 e. The third-order valence-electron chi connectivity index (χ3n) is 5.27. The van der Waals surface area contributed by atoms with E-state index in [-0.39, 0.29) is 5.91 Å². The third kappa shape index (κ3) is 4.56. The number of aryl methyl sites for hydroxylation is 1. The number of rotatable bonds is 5. The molecule has 1 aliphatic carbocycles. The SMILES string of the molecule is Cc1nc(NC2CC2)cc(C(=O)Nc2ccc(N3CCC(C)CC3)cc2)n1. The second kappa shape index (κ2) is 7.55. The van der Waals surface area contributed by atoms with E-state index >= 15 is 0 Å². The summed E-state index contributed by atoms with van der Waals surface area (Å²) >= 11 is 0. The molecule has 1 aromatic carbocycles. The van der Waals surface area contributed by atoms with E-state index in [1.807, 2.05) is 19.1 Å². The Hall–Kier alpha value is -2.63. The summed E-state index contributed by atoms with van der Waals surface area (Å²) in [5.74, 6) is 1.93. The van der Waals surface area contributed by atoms with Crippen molar-refractivity contribution < 1.29 is 4.79 Å². The molecule has 2 aromatic rings. The first kappa shape index (κ1) is 17.8. The van der Waals surface area contributed by atoms with Crippen LogP contribution in [0.25, 0.3) is 0 Å². The van der Waals surface area contributed by atoms with Gasteiger partial charge in [-0.1, -0.05) is 6.92 Å². The molecule has 0 unspecified atom stereocenters. The smallest absolute Gasteiger partial charge is 0.274 e. The van der Waals surface area contributed by atoms with E-state index < -0.39 is 0 Å². The minimum Gasteiger partial charge on any atom is -0.372 e. The van der Waals surface area contributed by atoms with Gasteiger partial charge in [-0.3, -0.25) is 4.79 Å². The fraction of sp³-hybridized carbons (Fsp3) is 0.476. The molecule has 27 heavy (non-hydrogen) atoms. The molecule has 2 heterocycles. The number of carbonyl (C=O) groups is 1. The quantitative estimate of drug-likeness (QED) is 0.842. The Kier molecular flexibility index (Phi) is 4.97. The first-order valence-corrected chi connectivity index (χ1v) is 9.85. The number of nitrogens with one attached hydrogen (secondary N) is 2. The molecule has 0 atom stereocenters. The van der Waals surface area contributed by atoms with Gasteiger partial charge in [0.2, 0.25) is 0 Å². The van der Waals surface area contributed by atoms with Crippen LogP contribution in [0.4, 0.5) is 17.2 Å². The van der Waals surface area contributed by atoms with Gasteiger partial charge in [-0.2, -0.15) is 0 Å². The van der Waals surface area contributed by atoms with Crippen LogP contribution in [0, 0.1) is 12.8 Å². The van der Waals surface area contributed by atoms with Crippen LogP contribution in [0.1, 0.15) is 48.9 Å². The van der Waals surface area contributed by atoms with E-state index in [4.69, 9.17) is 0 Å². The number of amides is 1. The first-order valence-electron chi connectivity index (χ1n) is 9.85. The molecule has 0 spiro atoms. The maximum Gasteiger partial charge on any atom is 0.274 e. The topological polar surface area (TPSA) is 70.2 Å². The molecule has 0 radical (unpaired) electrons. The highest BCUT2D eigenvalue weighted by atomic mass is 16.1. The van der Waals surface area contributed by atoms with Crippen molar-refractivity contribution >= 4 is 23.1 Å². The Labute approximate surface area is 160 Å². The number of hydrogen-bond acceptors (Lipinski definition) is 5. The lowest BCUT2D eigenvalue weighted by molar-refractivity contribution is 0.102. The van der Waals surface area contributed by atoms with E-state index in [2.05, 4.69) is 44.6 Å². The van der Waals surface area contributed by atoms with E-state index in [1.54, 1.807) is 6.07 Å². The number of carbonyl (C=O) groups excluding carboxylic acids is 1. The summed E-state index contributed by atoms with van der Waals surface area (Å²) in [5.41, 5.74) is 2.38. The molecule has 1 aromatic heterocycles. The molecular weight excluding hydrogens is 338 g/mol. The van der Waals surface area contributed by atoms with Crippen molar-refractivity contribution in [2.45, 2.75) is 45.6 Å². The molecule has 1 amide bonds. The molecule has 0 bridgehead atoms. The molecule has 1 saturated heterocycles. The monoisotopic (exact) mass is 365 g/mol. The van der Waals surface area contributed by atoms with Crippen molar-refractivity contribution in [1.82, 2.24) is 9.97 Å². The fourth-order valence-electron chi connectivity index (χ4n) is 3.41. The highest BCUT2D eigenvalue weighted by Crippen LogP contribution is 2.25. The Balaban J connectivity index is 1.41. The zero-order valence-corrected chi connectivity index (χ0v) is 16.0. The highest BCUT2D eigenvalue weighted by molar-refractivity contribution is 6.03. The molecule has 1 saturated carbocycles. The van der Waals surface area contributed by atoms with Gasteiger partial charge in [0.15, 0.2) is 0 Å². The van der Waals surface area contributed by atoms with Crippen molar-refractivity contribution in [3.63, 3.8) is 0 Å². The molecule has 6 nitrogen and oxygen atoms in total. The number of piperidine rings is 1. The van der Waals surface area contributed by atoms with Crippen molar-refractivity contribution in [3.8, 4) is 0 Å². The summed E-state index contributed by atoms with van der Waals surface area (Å²) in [6.45, 7) is 6.33. The summed E-state index contributed by atoms with van der Waals surface area (Å²) in [6, 6.07) is 10.3. The van der Waals surface area contributed by atoms with Crippen molar-refractivity contribution in [3.05, 3.63) is 41.9 Å². The van der Waals surface area contributed by atoms with Gasteiger partial charge in [-0.05, 0) is 62.8 Å². The summed E-state index contributed by atoms with van der Waals surface area (Å²) in [6.07, 6.45) is 4.80. The van der Waals surface area contributed by atoms with Gasteiger partial charge < -0.3 is 15.5 Å². The van der Waals surface area contributed by atoms with Gasteiger partial charge in [0.05, 0.1) is 0 Å². The predicted octanol–water partition coefficient (Wildman–Crippen LogP) is 3.85. The lowest BCUT2D eigenvalue weighted by atomic mass is 9.99. The van der Waals surface area contributed by atoms with Crippen molar-refractivity contribution in [2.24, 2.45) is 5.92 Å². The molecular formula is C21H27N5O. The molecule has 1 aliphatic heterocycles. The van der Waals surface area contributed by atoms with Crippen LogP contribution in [0.5, 0.6) is 0 Å². The van der Waals surface area contributed by atoms with Crippen LogP contribution < -0.4 is 15.5 Å². The van der Waals surface area contributed by atoms with Crippen LogP contribution >= 0.6 is 0 Å². The summed E-state index contributed by atoms with van der Waals surface area (Å²) in [7, 11) is 0. The average Bonchev–Trinajstić information content (AvgIpc) is 3.46. The number of anilines is 3. The first-order chi connectivity index (χ1) is 13.1. The maximum absolute atomic E-state index is 12.6. The van der Waals surface area contributed by atoms with Gasteiger partial charge in [-0.15, -0.1) is 0 Å². The summed E-state index contributed by atoms with van der Waals surface area (Å²) in [5, 5.41) is 6.27.